The summed E-state index contributed by atoms with van der Waals surface area (Å²) < 4.78 is 5.85. The average Bonchev–Trinajstić information content (AvgIpc) is 2.68. The molecule has 27 heavy (non-hydrogen) atoms. The molecule has 5 nitrogen and oxygen atoms in total. The first kappa shape index (κ1) is 19.0. The van der Waals surface area contributed by atoms with Crippen LogP contribution < -0.4 is 10.1 Å². The second-order valence-electron chi connectivity index (χ2n) is 7.07. The molecule has 0 unspecified atom stereocenters. The van der Waals surface area contributed by atoms with Crippen LogP contribution in [0.15, 0.2) is 48.5 Å². The topological polar surface area (TPSA) is 58.6 Å². The summed E-state index contributed by atoms with van der Waals surface area (Å²) in [6, 6.07) is 15.3. The minimum atomic E-state index is -0.142. The second kappa shape index (κ2) is 8.71. The number of nitrogens with one attached hydrogen (secondary N) is 1. The van der Waals surface area contributed by atoms with Crippen LogP contribution in [-0.2, 0) is 4.79 Å². The summed E-state index contributed by atoms with van der Waals surface area (Å²) in [6.45, 7) is 5.52. The molecule has 1 N–H and O–H groups in total. The Labute approximate surface area is 160 Å². The highest BCUT2D eigenvalue weighted by atomic mass is 16.5. The van der Waals surface area contributed by atoms with Crippen molar-refractivity contribution in [1.82, 2.24) is 4.90 Å². The van der Waals surface area contributed by atoms with Crippen molar-refractivity contribution in [2.45, 2.75) is 26.7 Å². The summed E-state index contributed by atoms with van der Waals surface area (Å²) >= 11 is 0. The lowest BCUT2D eigenvalue weighted by Gasteiger charge is -2.32. The lowest BCUT2D eigenvalue weighted by molar-refractivity contribution is -0.114. The van der Waals surface area contributed by atoms with Gasteiger partial charge in [-0.05, 0) is 55.5 Å². The lowest BCUT2D eigenvalue weighted by atomic mass is 9.96. The molecule has 1 aliphatic heterocycles. The first-order valence-electron chi connectivity index (χ1n) is 9.38. The second-order valence-corrected chi connectivity index (χ2v) is 7.07. The summed E-state index contributed by atoms with van der Waals surface area (Å²) in [6.07, 6.45) is 1.87. The number of ether oxygens (including phenoxy) is 1. The van der Waals surface area contributed by atoms with Gasteiger partial charge in [0.15, 0.2) is 0 Å². The first-order chi connectivity index (χ1) is 13.0. The predicted octanol–water partition coefficient (Wildman–Crippen LogP) is 3.88. The number of carbonyl (C=O) groups is 2. The highest BCUT2D eigenvalue weighted by Crippen LogP contribution is 2.23. The van der Waals surface area contributed by atoms with Gasteiger partial charge in [0.05, 0.1) is 6.61 Å². The molecule has 2 aromatic carbocycles. The quantitative estimate of drug-likeness (QED) is 0.873. The van der Waals surface area contributed by atoms with E-state index in [1.165, 1.54) is 6.92 Å². The van der Waals surface area contributed by atoms with Crippen LogP contribution in [0.3, 0.4) is 0 Å². The molecular formula is C22H26N2O3. The normalized spacial score (nSPS) is 14.7. The molecule has 2 aromatic rings. The van der Waals surface area contributed by atoms with Crippen LogP contribution >= 0.6 is 0 Å². The molecule has 1 fully saturated rings. The highest BCUT2D eigenvalue weighted by molar-refractivity contribution is 5.98. The van der Waals surface area contributed by atoms with Gasteiger partial charge in [-0.2, -0.15) is 0 Å². The minimum absolute atomic E-state index is 0.0297. The standard InChI is InChI=1S/C22H26N2O3/c1-16-8-9-19(23-17(2)25)14-21(16)22(26)24-12-10-18(11-13-24)15-27-20-6-4-3-5-7-20/h3-9,14,18H,10-13,15H2,1-2H3,(H,23,25). The fourth-order valence-corrected chi connectivity index (χ4v) is 3.34. The largest absolute Gasteiger partial charge is 0.493 e. The van der Waals surface area contributed by atoms with Crippen molar-refractivity contribution in [1.29, 1.82) is 0 Å². The van der Waals surface area contributed by atoms with Crippen LogP contribution in [0.5, 0.6) is 5.75 Å². The molecule has 0 atom stereocenters. The van der Waals surface area contributed by atoms with E-state index < -0.39 is 0 Å². The zero-order valence-corrected chi connectivity index (χ0v) is 15.9. The molecule has 0 bridgehead atoms. The molecule has 0 radical (unpaired) electrons. The van der Waals surface area contributed by atoms with Gasteiger partial charge in [-0.3, -0.25) is 9.59 Å². The smallest absolute Gasteiger partial charge is 0.254 e. The number of anilines is 1. The predicted molar refractivity (Wildman–Crippen MR) is 106 cm³/mol. The summed E-state index contributed by atoms with van der Waals surface area (Å²) in [5.74, 6) is 1.24. The Hall–Kier alpha value is -2.82. The van der Waals surface area contributed by atoms with E-state index >= 15 is 0 Å². The van der Waals surface area contributed by atoms with Crippen LogP contribution in [0, 0.1) is 12.8 Å². The van der Waals surface area contributed by atoms with Crippen LogP contribution in [0.2, 0.25) is 0 Å². The number of benzene rings is 2. The Balaban J connectivity index is 1.56. The number of para-hydroxylation sites is 1. The van der Waals surface area contributed by atoms with Crippen molar-refractivity contribution >= 4 is 17.5 Å². The Morgan fingerprint density at radius 3 is 2.48 bits per heavy atom. The molecule has 142 valence electrons. The van der Waals surface area contributed by atoms with Crippen LogP contribution in [0.4, 0.5) is 5.69 Å². The van der Waals surface area contributed by atoms with Crippen molar-refractivity contribution in [3.8, 4) is 5.75 Å². The Morgan fingerprint density at radius 2 is 1.81 bits per heavy atom. The van der Waals surface area contributed by atoms with Gasteiger partial charge in [-0.25, -0.2) is 0 Å². The Kier molecular flexibility index (Phi) is 6.12. The molecule has 0 saturated carbocycles. The van der Waals surface area contributed by atoms with Gasteiger partial charge < -0.3 is 15.0 Å². The van der Waals surface area contributed by atoms with Gasteiger partial charge in [0.1, 0.15) is 5.75 Å². The number of hydrogen-bond acceptors (Lipinski definition) is 3. The zero-order valence-electron chi connectivity index (χ0n) is 15.9. The first-order valence-corrected chi connectivity index (χ1v) is 9.38. The van der Waals surface area contributed by atoms with Crippen molar-refractivity contribution < 1.29 is 14.3 Å². The highest BCUT2D eigenvalue weighted by Gasteiger charge is 2.25. The third-order valence-corrected chi connectivity index (χ3v) is 4.92. The van der Waals surface area contributed by atoms with Gasteiger partial charge in [0.25, 0.3) is 5.91 Å². The van der Waals surface area contributed by atoms with Crippen LogP contribution in [-0.4, -0.2) is 36.4 Å². The van der Waals surface area contributed by atoms with E-state index in [0.29, 0.717) is 23.8 Å². The molecule has 1 aliphatic rings. The minimum Gasteiger partial charge on any atom is -0.493 e. The number of nitrogens with zero attached hydrogens (tertiary/aromatic N) is 1. The molecule has 2 amide bonds. The average molecular weight is 366 g/mol. The maximum absolute atomic E-state index is 12.9. The van der Waals surface area contributed by atoms with Crippen molar-refractivity contribution in [3.63, 3.8) is 0 Å². The molecule has 1 heterocycles. The molecule has 5 heteroatoms. The van der Waals surface area contributed by atoms with Crippen LogP contribution in [0.25, 0.3) is 0 Å². The van der Waals surface area contributed by atoms with E-state index in [0.717, 1.165) is 37.2 Å². The van der Waals surface area contributed by atoms with Crippen molar-refractivity contribution in [2.24, 2.45) is 5.92 Å². The van der Waals surface area contributed by atoms with E-state index in [4.69, 9.17) is 4.74 Å². The van der Waals surface area contributed by atoms with E-state index in [1.54, 1.807) is 6.07 Å². The van der Waals surface area contributed by atoms with Crippen molar-refractivity contribution in [2.75, 3.05) is 25.0 Å². The zero-order chi connectivity index (χ0) is 19.2. The Morgan fingerprint density at radius 1 is 1.11 bits per heavy atom. The van der Waals surface area contributed by atoms with Crippen molar-refractivity contribution in [3.05, 3.63) is 59.7 Å². The maximum atomic E-state index is 12.9. The summed E-state index contributed by atoms with van der Waals surface area (Å²) in [4.78, 5) is 26.1. The molecular weight excluding hydrogens is 340 g/mol. The van der Waals surface area contributed by atoms with E-state index in [2.05, 4.69) is 5.32 Å². The number of piperidine rings is 1. The fourth-order valence-electron chi connectivity index (χ4n) is 3.34. The fraction of sp³-hybridized carbons (Fsp3) is 0.364. The summed E-state index contributed by atoms with van der Waals surface area (Å²) in [5, 5.41) is 2.74. The van der Waals surface area contributed by atoms with E-state index in [9.17, 15) is 9.59 Å². The number of carbonyl (C=O) groups excluding carboxylic acids is 2. The van der Waals surface area contributed by atoms with E-state index in [-0.39, 0.29) is 11.8 Å². The van der Waals surface area contributed by atoms with Gasteiger partial charge in [0.2, 0.25) is 5.91 Å². The van der Waals surface area contributed by atoms with Gasteiger partial charge in [-0.15, -0.1) is 0 Å². The lowest BCUT2D eigenvalue weighted by Crippen LogP contribution is -2.40. The third-order valence-electron chi connectivity index (χ3n) is 4.92. The number of aryl methyl sites for hydroxylation is 1. The van der Waals surface area contributed by atoms with E-state index in [1.807, 2.05) is 54.3 Å². The molecule has 1 saturated heterocycles. The summed E-state index contributed by atoms with van der Waals surface area (Å²) in [7, 11) is 0. The van der Waals surface area contributed by atoms with Crippen LogP contribution in [0.1, 0.15) is 35.7 Å². The molecule has 0 spiro atoms. The number of likely N-dealkylation sites (tertiary alicyclic amines) is 1. The maximum Gasteiger partial charge on any atom is 0.254 e. The molecule has 0 aromatic heterocycles. The summed E-state index contributed by atoms with van der Waals surface area (Å²) in [5.41, 5.74) is 2.23. The van der Waals surface area contributed by atoms with Gasteiger partial charge in [0, 0.05) is 31.3 Å². The third kappa shape index (κ3) is 5.09. The number of rotatable bonds is 5. The Bertz CT molecular complexity index is 796. The van der Waals surface area contributed by atoms with Gasteiger partial charge in [-0.1, -0.05) is 24.3 Å². The molecule has 0 aliphatic carbocycles. The number of hydrogen-bond donors (Lipinski definition) is 1. The molecule has 3 rings (SSSR count). The van der Waals surface area contributed by atoms with Gasteiger partial charge >= 0.3 is 0 Å². The number of amides is 2. The monoisotopic (exact) mass is 366 g/mol. The SMILES string of the molecule is CC(=O)Nc1ccc(C)c(C(=O)N2CCC(COc3ccccc3)CC2)c1.